The fourth-order valence-corrected chi connectivity index (χ4v) is 3.09. The maximum Gasteiger partial charge on any atom is 0.398 e. The minimum atomic E-state index is -4.39. The Balaban J connectivity index is 2.29. The van der Waals surface area contributed by atoms with E-state index in [0.717, 1.165) is 16.9 Å². The van der Waals surface area contributed by atoms with E-state index >= 15 is 0 Å². The van der Waals surface area contributed by atoms with Gasteiger partial charge in [0.1, 0.15) is 18.4 Å². The molecule has 0 aliphatic carbocycles. The molecule has 0 saturated heterocycles. The van der Waals surface area contributed by atoms with Crippen molar-refractivity contribution in [2.24, 2.45) is 7.05 Å². The third-order valence-electron chi connectivity index (χ3n) is 3.47. The van der Waals surface area contributed by atoms with Crippen LogP contribution in [0.25, 0.3) is 0 Å². The number of rotatable bonds is 6. The fourth-order valence-electron chi connectivity index (χ4n) is 2.26. The van der Waals surface area contributed by atoms with Crippen LogP contribution in [-0.2, 0) is 13.5 Å². The van der Waals surface area contributed by atoms with Gasteiger partial charge in [-0.25, -0.2) is 4.39 Å². The van der Waals surface area contributed by atoms with Crippen molar-refractivity contribution >= 4 is 23.4 Å². The average Bonchev–Trinajstić information content (AvgIpc) is 2.89. The molecule has 140 valence electrons. The van der Waals surface area contributed by atoms with Gasteiger partial charge in [0.25, 0.3) is 0 Å². The number of carbonyl (C=O) groups is 1. The molecule has 0 amide bonds. The van der Waals surface area contributed by atoms with Gasteiger partial charge < -0.3 is 10.1 Å². The van der Waals surface area contributed by atoms with Crippen LogP contribution in [0.5, 0.6) is 0 Å². The number of aromatic nitrogens is 2. The molecule has 2 aromatic rings. The molecule has 0 aliphatic rings. The first kappa shape index (κ1) is 19.9. The van der Waals surface area contributed by atoms with E-state index in [9.17, 15) is 32.5 Å². The van der Waals surface area contributed by atoms with Gasteiger partial charge in [-0.15, -0.1) is 16.4 Å². The third kappa shape index (κ3) is 4.59. The Bertz CT molecular complexity index is 865. The summed E-state index contributed by atoms with van der Waals surface area (Å²) in [5.74, 6) is -3.20. The molecule has 0 fully saturated rings. The SMILES string of the molecule is Cc1cc(F)c(CC(=O)c2cnn(C)c2[N+](=O)[O-])cc1SCC(F)(F)F. The normalized spacial score (nSPS) is 11.6. The lowest BCUT2D eigenvalue weighted by molar-refractivity contribution is -0.392. The van der Waals surface area contributed by atoms with Crippen LogP contribution < -0.4 is 0 Å². The second-order valence-corrected chi connectivity index (χ2v) is 6.49. The van der Waals surface area contributed by atoms with E-state index in [-0.39, 0.29) is 16.0 Å². The molecule has 0 unspecified atom stereocenters. The van der Waals surface area contributed by atoms with Crippen LogP contribution in [-0.4, -0.2) is 32.4 Å². The van der Waals surface area contributed by atoms with Crippen molar-refractivity contribution in [3.63, 3.8) is 0 Å². The van der Waals surface area contributed by atoms with Gasteiger partial charge in [-0.1, -0.05) is 5.10 Å². The molecule has 26 heavy (non-hydrogen) atoms. The molecule has 0 N–H and O–H groups in total. The van der Waals surface area contributed by atoms with Crippen molar-refractivity contribution in [3.05, 3.63) is 51.0 Å². The zero-order valence-corrected chi connectivity index (χ0v) is 14.4. The Morgan fingerprint density at radius 3 is 2.62 bits per heavy atom. The summed E-state index contributed by atoms with van der Waals surface area (Å²) in [5, 5.41) is 14.7. The van der Waals surface area contributed by atoms with Crippen molar-refractivity contribution in [3.8, 4) is 0 Å². The molecule has 0 aliphatic heterocycles. The number of halogens is 4. The minimum Gasteiger partial charge on any atom is -0.358 e. The molecule has 11 heteroatoms. The van der Waals surface area contributed by atoms with Gasteiger partial charge in [0, 0.05) is 11.3 Å². The zero-order valence-electron chi connectivity index (χ0n) is 13.6. The predicted molar refractivity (Wildman–Crippen MR) is 85.8 cm³/mol. The van der Waals surface area contributed by atoms with Gasteiger partial charge in [0.05, 0.1) is 11.9 Å². The predicted octanol–water partition coefficient (Wildman–Crippen LogP) is 3.86. The minimum absolute atomic E-state index is 0.136. The smallest absolute Gasteiger partial charge is 0.358 e. The van der Waals surface area contributed by atoms with Crippen LogP contribution in [0.2, 0.25) is 0 Å². The molecule has 1 aromatic carbocycles. The molecule has 0 saturated carbocycles. The first-order valence-corrected chi connectivity index (χ1v) is 8.16. The van der Waals surface area contributed by atoms with E-state index in [1.807, 2.05) is 0 Å². The van der Waals surface area contributed by atoms with Crippen molar-refractivity contribution < 1.29 is 27.3 Å². The number of carbonyl (C=O) groups excluding carboxylic acids is 1. The number of benzene rings is 1. The highest BCUT2D eigenvalue weighted by atomic mass is 32.2. The van der Waals surface area contributed by atoms with Crippen LogP contribution in [0.1, 0.15) is 21.5 Å². The molecule has 0 bridgehead atoms. The van der Waals surface area contributed by atoms with E-state index in [0.29, 0.717) is 17.3 Å². The fraction of sp³-hybridized carbons (Fsp3) is 0.333. The quantitative estimate of drug-likeness (QED) is 0.246. The van der Waals surface area contributed by atoms with Crippen LogP contribution in [0, 0.1) is 22.9 Å². The van der Waals surface area contributed by atoms with Crippen LogP contribution in [0.15, 0.2) is 23.2 Å². The number of hydrogen-bond donors (Lipinski definition) is 0. The summed E-state index contributed by atoms with van der Waals surface area (Å²) in [6, 6.07) is 2.21. The number of nitrogens with zero attached hydrogens (tertiary/aromatic N) is 3. The molecule has 2 rings (SSSR count). The van der Waals surface area contributed by atoms with E-state index in [1.165, 1.54) is 20.0 Å². The second kappa shape index (κ2) is 7.44. The van der Waals surface area contributed by atoms with Crippen LogP contribution >= 0.6 is 11.8 Å². The Labute approximate surface area is 149 Å². The number of alkyl halides is 3. The highest BCUT2D eigenvalue weighted by Crippen LogP contribution is 2.31. The van der Waals surface area contributed by atoms with Crippen molar-refractivity contribution in [2.75, 3.05) is 5.75 Å². The molecular weight excluding hydrogens is 378 g/mol. The Morgan fingerprint density at radius 2 is 2.04 bits per heavy atom. The summed E-state index contributed by atoms with van der Waals surface area (Å²) < 4.78 is 52.2. The van der Waals surface area contributed by atoms with Crippen molar-refractivity contribution in [1.82, 2.24) is 9.78 Å². The van der Waals surface area contributed by atoms with E-state index < -0.39 is 40.7 Å². The number of nitro groups is 1. The number of Topliss-reactive ketones (excluding diaryl/α,β-unsaturated/α-hetero) is 1. The first-order valence-electron chi connectivity index (χ1n) is 7.17. The summed E-state index contributed by atoms with van der Waals surface area (Å²) in [7, 11) is 1.28. The lowest BCUT2D eigenvalue weighted by Gasteiger charge is -2.11. The average molecular weight is 391 g/mol. The Morgan fingerprint density at radius 1 is 1.38 bits per heavy atom. The van der Waals surface area contributed by atoms with Gasteiger partial charge in [-0.05, 0) is 35.1 Å². The Kier molecular flexibility index (Phi) is 5.69. The highest BCUT2D eigenvalue weighted by molar-refractivity contribution is 7.99. The summed E-state index contributed by atoms with van der Waals surface area (Å²) in [6.07, 6.45) is -3.91. The topological polar surface area (TPSA) is 78.0 Å². The molecular formula is C15H13F4N3O3S. The van der Waals surface area contributed by atoms with Gasteiger partial charge in [-0.2, -0.15) is 13.2 Å². The summed E-state index contributed by atoms with van der Waals surface area (Å²) in [4.78, 5) is 22.7. The molecule has 1 aromatic heterocycles. The highest BCUT2D eigenvalue weighted by Gasteiger charge is 2.28. The number of thioether (sulfide) groups is 1. The Hall–Kier alpha value is -2.43. The van der Waals surface area contributed by atoms with E-state index in [1.54, 1.807) is 0 Å². The van der Waals surface area contributed by atoms with Gasteiger partial charge in [-0.3, -0.25) is 4.79 Å². The molecule has 0 radical (unpaired) electrons. The standard InChI is InChI=1S/C15H13F4N3O3S/c1-8-3-11(16)9(5-13(8)26-7-15(17,18)19)4-12(23)10-6-20-21(2)14(10)22(24)25/h3,5-6H,4,7H2,1-2H3. The van der Waals surface area contributed by atoms with E-state index in [2.05, 4.69) is 5.10 Å². The number of ketones is 1. The number of hydrogen-bond acceptors (Lipinski definition) is 5. The number of aryl methyl sites for hydroxylation is 2. The van der Waals surface area contributed by atoms with Crippen molar-refractivity contribution in [2.45, 2.75) is 24.4 Å². The molecule has 6 nitrogen and oxygen atoms in total. The van der Waals surface area contributed by atoms with Crippen LogP contribution in [0.3, 0.4) is 0 Å². The lowest BCUT2D eigenvalue weighted by Crippen LogP contribution is -2.11. The molecule has 1 heterocycles. The first-order chi connectivity index (χ1) is 12.0. The van der Waals surface area contributed by atoms with E-state index in [4.69, 9.17) is 0 Å². The zero-order chi connectivity index (χ0) is 19.6. The van der Waals surface area contributed by atoms with Gasteiger partial charge >= 0.3 is 12.0 Å². The van der Waals surface area contributed by atoms with Gasteiger partial charge in [0.2, 0.25) is 0 Å². The third-order valence-corrected chi connectivity index (χ3v) is 4.69. The summed E-state index contributed by atoms with van der Waals surface area (Å²) in [6.45, 7) is 1.46. The van der Waals surface area contributed by atoms with Gasteiger partial charge in [0.15, 0.2) is 5.78 Å². The van der Waals surface area contributed by atoms with Crippen molar-refractivity contribution in [1.29, 1.82) is 0 Å². The lowest BCUT2D eigenvalue weighted by atomic mass is 10.0. The maximum absolute atomic E-state index is 14.1. The maximum atomic E-state index is 14.1. The second-order valence-electron chi connectivity index (χ2n) is 5.48. The summed E-state index contributed by atoms with van der Waals surface area (Å²) >= 11 is 0.484. The largest absolute Gasteiger partial charge is 0.398 e. The molecule has 0 atom stereocenters. The molecule has 0 spiro atoms. The van der Waals surface area contributed by atoms with Crippen LogP contribution in [0.4, 0.5) is 23.4 Å². The summed E-state index contributed by atoms with van der Waals surface area (Å²) in [5.41, 5.74) is -0.120. The monoisotopic (exact) mass is 391 g/mol.